The molecule has 0 aliphatic rings. The van der Waals surface area contributed by atoms with E-state index in [1.54, 1.807) is 0 Å². The fourth-order valence-corrected chi connectivity index (χ4v) is 1.57. The average Bonchev–Trinajstić information content (AvgIpc) is 2.71. The van der Waals surface area contributed by atoms with E-state index in [1.807, 2.05) is 6.92 Å². The first kappa shape index (κ1) is 12.6. The van der Waals surface area contributed by atoms with E-state index in [1.165, 1.54) is 12.3 Å². The summed E-state index contributed by atoms with van der Waals surface area (Å²) in [5.41, 5.74) is 5.78. The van der Waals surface area contributed by atoms with Gasteiger partial charge < -0.3 is 20.7 Å². The van der Waals surface area contributed by atoms with Gasteiger partial charge >= 0.3 is 0 Å². The number of rotatable bonds is 4. The van der Waals surface area contributed by atoms with Crippen LogP contribution in [-0.2, 0) is 0 Å². The maximum atomic E-state index is 11.7. The van der Waals surface area contributed by atoms with Gasteiger partial charge in [-0.3, -0.25) is 4.79 Å². The molecule has 1 rings (SSSR count). The molecule has 0 fully saturated rings. The van der Waals surface area contributed by atoms with Gasteiger partial charge in [0.15, 0.2) is 10.5 Å². The predicted molar refractivity (Wildman–Crippen MR) is 61.4 cm³/mol. The van der Waals surface area contributed by atoms with Crippen molar-refractivity contribution in [1.82, 2.24) is 5.32 Å². The fraction of sp³-hybridized carbons (Fsp3) is 0.333. The standard InChI is InChI=1S/C9H12BrN3O3/c1-2-6(8(11)13-15)12-9(14)5-3-4-16-7(5)10/h3-4,6,15H,2H2,1H3,(H2,11,13)(H,12,14). The molecule has 16 heavy (non-hydrogen) atoms. The highest BCUT2D eigenvalue weighted by atomic mass is 79.9. The Morgan fingerprint density at radius 1 is 1.81 bits per heavy atom. The summed E-state index contributed by atoms with van der Waals surface area (Å²) in [5, 5.41) is 14.0. The molecular weight excluding hydrogens is 278 g/mol. The van der Waals surface area contributed by atoms with E-state index in [0.717, 1.165) is 0 Å². The topological polar surface area (TPSA) is 101 Å². The Hall–Kier alpha value is -1.50. The Balaban J connectivity index is 2.74. The molecule has 1 atom stereocenters. The van der Waals surface area contributed by atoms with E-state index < -0.39 is 6.04 Å². The van der Waals surface area contributed by atoms with Crippen LogP contribution in [0.1, 0.15) is 23.7 Å². The van der Waals surface area contributed by atoms with Crippen molar-refractivity contribution in [2.75, 3.05) is 0 Å². The molecule has 0 radical (unpaired) electrons. The van der Waals surface area contributed by atoms with Gasteiger partial charge in [0, 0.05) is 0 Å². The number of carbonyl (C=O) groups is 1. The number of carbonyl (C=O) groups excluding carboxylic acids is 1. The predicted octanol–water partition coefficient (Wildman–Crippen LogP) is 1.30. The van der Waals surface area contributed by atoms with Gasteiger partial charge in [-0.2, -0.15) is 0 Å². The van der Waals surface area contributed by atoms with Gasteiger partial charge in [0.2, 0.25) is 0 Å². The highest BCUT2D eigenvalue weighted by Gasteiger charge is 2.18. The minimum absolute atomic E-state index is 0.0320. The Bertz CT molecular complexity index is 402. The molecule has 0 saturated heterocycles. The maximum absolute atomic E-state index is 11.7. The third kappa shape index (κ3) is 2.75. The molecule has 1 amide bonds. The minimum atomic E-state index is -0.501. The summed E-state index contributed by atoms with van der Waals surface area (Å²) in [5.74, 6) is -0.380. The molecule has 0 bridgehead atoms. The molecule has 1 aromatic rings. The Kier molecular flexibility index (Phi) is 4.36. The number of nitrogens with one attached hydrogen (secondary N) is 1. The van der Waals surface area contributed by atoms with E-state index in [2.05, 4.69) is 26.4 Å². The second-order valence-corrected chi connectivity index (χ2v) is 3.79. The van der Waals surface area contributed by atoms with Crippen molar-refractivity contribution in [2.24, 2.45) is 10.9 Å². The van der Waals surface area contributed by atoms with Crippen LogP contribution in [0.3, 0.4) is 0 Å². The van der Waals surface area contributed by atoms with Crippen molar-refractivity contribution in [3.63, 3.8) is 0 Å². The summed E-state index contributed by atoms with van der Waals surface area (Å²) in [4.78, 5) is 11.7. The van der Waals surface area contributed by atoms with Gasteiger partial charge in [-0.1, -0.05) is 12.1 Å². The van der Waals surface area contributed by atoms with Crippen molar-refractivity contribution in [2.45, 2.75) is 19.4 Å². The fourth-order valence-electron chi connectivity index (χ4n) is 1.15. The molecule has 4 N–H and O–H groups in total. The van der Waals surface area contributed by atoms with Gasteiger partial charge in [0.1, 0.15) is 0 Å². The van der Waals surface area contributed by atoms with Crippen molar-refractivity contribution in [1.29, 1.82) is 0 Å². The first-order valence-electron chi connectivity index (χ1n) is 4.61. The zero-order valence-electron chi connectivity index (χ0n) is 8.61. The highest BCUT2D eigenvalue weighted by Crippen LogP contribution is 2.17. The van der Waals surface area contributed by atoms with Crippen LogP contribution < -0.4 is 11.1 Å². The highest BCUT2D eigenvalue weighted by molar-refractivity contribution is 9.10. The minimum Gasteiger partial charge on any atom is -0.457 e. The summed E-state index contributed by atoms with van der Waals surface area (Å²) in [6, 6.07) is 1.03. The van der Waals surface area contributed by atoms with Crippen LogP contribution in [0.2, 0.25) is 0 Å². The molecule has 6 nitrogen and oxygen atoms in total. The quantitative estimate of drug-likeness (QED) is 0.336. The monoisotopic (exact) mass is 289 g/mol. The zero-order valence-corrected chi connectivity index (χ0v) is 10.2. The van der Waals surface area contributed by atoms with Gasteiger partial charge in [-0.05, 0) is 28.4 Å². The van der Waals surface area contributed by atoms with Crippen molar-refractivity contribution >= 4 is 27.7 Å². The second-order valence-electron chi connectivity index (χ2n) is 3.07. The van der Waals surface area contributed by atoms with Gasteiger partial charge in [-0.25, -0.2) is 0 Å². The smallest absolute Gasteiger partial charge is 0.256 e. The molecule has 7 heteroatoms. The van der Waals surface area contributed by atoms with Gasteiger partial charge in [-0.15, -0.1) is 0 Å². The molecule has 0 aliphatic heterocycles. The molecule has 1 heterocycles. The number of amidine groups is 1. The molecule has 0 saturated carbocycles. The van der Waals surface area contributed by atoms with Crippen LogP contribution >= 0.6 is 15.9 Å². The number of hydrogen-bond donors (Lipinski definition) is 3. The SMILES string of the molecule is CCC(NC(=O)c1ccoc1Br)/C(N)=N/O. The third-order valence-corrected chi connectivity index (χ3v) is 2.66. The molecular formula is C9H12BrN3O3. The molecule has 1 aromatic heterocycles. The number of furan rings is 1. The number of hydrogen-bond acceptors (Lipinski definition) is 4. The lowest BCUT2D eigenvalue weighted by Crippen LogP contribution is -2.44. The van der Waals surface area contributed by atoms with Crippen LogP contribution in [0.25, 0.3) is 0 Å². The number of nitrogens with two attached hydrogens (primary N) is 1. The van der Waals surface area contributed by atoms with E-state index in [9.17, 15) is 4.79 Å². The zero-order chi connectivity index (χ0) is 12.1. The van der Waals surface area contributed by atoms with Crippen LogP contribution in [0.4, 0.5) is 0 Å². The van der Waals surface area contributed by atoms with E-state index in [4.69, 9.17) is 15.4 Å². The van der Waals surface area contributed by atoms with E-state index in [0.29, 0.717) is 16.7 Å². The molecule has 0 aliphatic carbocycles. The summed E-state index contributed by atoms with van der Waals surface area (Å²) in [6.45, 7) is 1.81. The Morgan fingerprint density at radius 3 is 2.94 bits per heavy atom. The van der Waals surface area contributed by atoms with Crippen molar-refractivity contribution in [3.05, 3.63) is 22.6 Å². The second kappa shape index (κ2) is 5.55. The normalized spacial score (nSPS) is 13.5. The lowest BCUT2D eigenvalue weighted by molar-refractivity contribution is 0.0944. The van der Waals surface area contributed by atoms with Crippen molar-refractivity contribution < 1.29 is 14.4 Å². The summed E-state index contributed by atoms with van der Waals surface area (Å²) >= 11 is 3.09. The van der Waals surface area contributed by atoms with Crippen LogP contribution in [-0.4, -0.2) is 23.0 Å². The number of nitrogens with zero attached hydrogens (tertiary/aromatic N) is 1. The number of oxime groups is 1. The molecule has 0 aromatic carbocycles. The molecule has 1 unspecified atom stereocenters. The van der Waals surface area contributed by atoms with Gasteiger partial charge in [0.25, 0.3) is 5.91 Å². The van der Waals surface area contributed by atoms with Crippen molar-refractivity contribution in [3.8, 4) is 0 Å². The first-order valence-corrected chi connectivity index (χ1v) is 5.40. The molecule has 0 spiro atoms. The summed E-state index contributed by atoms with van der Waals surface area (Å²) in [6.07, 6.45) is 1.92. The number of amides is 1. The molecule has 88 valence electrons. The Labute approximate surface area is 101 Å². The van der Waals surface area contributed by atoms with Crippen LogP contribution in [0.5, 0.6) is 0 Å². The average molecular weight is 290 g/mol. The van der Waals surface area contributed by atoms with Gasteiger partial charge in [0.05, 0.1) is 17.9 Å². The lowest BCUT2D eigenvalue weighted by Gasteiger charge is -2.14. The Morgan fingerprint density at radius 2 is 2.50 bits per heavy atom. The third-order valence-electron chi connectivity index (χ3n) is 2.05. The maximum Gasteiger partial charge on any atom is 0.256 e. The van der Waals surface area contributed by atoms with E-state index in [-0.39, 0.29) is 11.7 Å². The first-order chi connectivity index (χ1) is 7.60. The van der Waals surface area contributed by atoms with Crippen LogP contribution in [0.15, 0.2) is 26.6 Å². The summed E-state index contributed by atoms with van der Waals surface area (Å²) < 4.78 is 5.28. The largest absolute Gasteiger partial charge is 0.457 e. The summed E-state index contributed by atoms with van der Waals surface area (Å²) in [7, 11) is 0. The van der Waals surface area contributed by atoms with E-state index >= 15 is 0 Å². The number of halogens is 1. The lowest BCUT2D eigenvalue weighted by atomic mass is 10.2. The van der Waals surface area contributed by atoms with Crippen LogP contribution in [0, 0.1) is 0 Å².